The Balaban J connectivity index is 1.57. The number of nitrogens with zero attached hydrogens (tertiary/aromatic N) is 3. The lowest BCUT2D eigenvalue weighted by Gasteiger charge is -2.33. The number of aliphatic hydroxyl groups is 1. The van der Waals surface area contributed by atoms with Crippen molar-refractivity contribution >= 4 is 36.9 Å². The Hall–Kier alpha value is -3.71. The highest BCUT2D eigenvalue weighted by atomic mass is 35.5. The Morgan fingerprint density at radius 2 is 1.86 bits per heavy atom. The Labute approximate surface area is 212 Å². The molecular formula is C23H18BClF5N5O2. The molecule has 1 unspecified atom stereocenters. The van der Waals surface area contributed by atoms with E-state index in [1.165, 1.54) is 35.0 Å². The number of hydrogen-bond donors (Lipinski definition) is 3. The van der Waals surface area contributed by atoms with E-state index in [2.05, 4.69) is 10.1 Å². The highest BCUT2D eigenvalue weighted by molar-refractivity contribution is 6.34. The number of nitrogens with one attached hydrogen (secondary N) is 1. The highest BCUT2D eigenvalue weighted by Gasteiger charge is 2.50. The number of hydrogen-bond acceptors (Lipinski definition) is 5. The van der Waals surface area contributed by atoms with Crippen molar-refractivity contribution in [3.63, 3.8) is 0 Å². The van der Waals surface area contributed by atoms with E-state index in [0.29, 0.717) is 11.2 Å². The van der Waals surface area contributed by atoms with Crippen molar-refractivity contribution in [2.75, 3.05) is 12.3 Å². The third kappa shape index (κ3) is 4.96. The summed E-state index contributed by atoms with van der Waals surface area (Å²) in [5.41, 5.74) is 1.80. The first-order valence-electron chi connectivity index (χ1n) is 10.7. The van der Waals surface area contributed by atoms with E-state index >= 15 is 4.39 Å². The first-order valence-corrected chi connectivity index (χ1v) is 11.1. The maximum atomic E-state index is 15.4. The topological polar surface area (TPSA) is 106 Å². The molecule has 4 N–H and O–H groups in total. The Morgan fingerprint density at radius 3 is 2.51 bits per heavy atom. The molecule has 4 aromatic rings. The molecule has 2 aromatic heterocycles. The second-order valence-electron chi connectivity index (χ2n) is 8.35. The quantitative estimate of drug-likeness (QED) is 0.247. The number of carbonyl (C=O) groups excluding carboxylic acids is 1. The number of halogens is 6. The molecule has 1 atom stereocenters. The molecule has 0 bridgehead atoms. The van der Waals surface area contributed by atoms with Gasteiger partial charge in [-0.05, 0) is 35.4 Å². The van der Waals surface area contributed by atoms with Gasteiger partial charge in [-0.25, -0.2) is 26.5 Å². The van der Waals surface area contributed by atoms with Gasteiger partial charge in [0.25, 0.3) is 18.3 Å². The average Bonchev–Trinajstić information content (AvgIpc) is 3.22. The summed E-state index contributed by atoms with van der Waals surface area (Å²) in [6, 6.07) is 9.19. The van der Waals surface area contributed by atoms with Crippen LogP contribution >= 0.6 is 11.6 Å². The van der Waals surface area contributed by atoms with Gasteiger partial charge in [-0.1, -0.05) is 35.9 Å². The van der Waals surface area contributed by atoms with Crippen LogP contribution in [0, 0.1) is 5.82 Å². The molecule has 0 fully saturated rings. The van der Waals surface area contributed by atoms with Gasteiger partial charge in [0.2, 0.25) is 5.95 Å². The lowest BCUT2D eigenvalue weighted by molar-refractivity contribution is -0.134. The van der Waals surface area contributed by atoms with Crippen LogP contribution < -0.4 is 11.1 Å². The summed E-state index contributed by atoms with van der Waals surface area (Å²) in [6.45, 7) is -1.40. The van der Waals surface area contributed by atoms with Crippen LogP contribution in [0.2, 0.25) is 5.02 Å². The van der Waals surface area contributed by atoms with Crippen molar-refractivity contribution in [1.29, 1.82) is 0 Å². The molecule has 0 radical (unpaired) electrons. The number of amides is 1. The van der Waals surface area contributed by atoms with Gasteiger partial charge in [0, 0.05) is 17.3 Å². The molecule has 0 saturated carbocycles. The molecule has 0 aliphatic heterocycles. The Morgan fingerprint density at radius 1 is 1.19 bits per heavy atom. The normalized spacial score (nSPS) is 13.6. The first-order chi connectivity index (χ1) is 17.3. The van der Waals surface area contributed by atoms with E-state index in [4.69, 9.17) is 17.3 Å². The maximum absolute atomic E-state index is 15.4. The van der Waals surface area contributed by atoms with Crippen LogP contribution in [0.25, 0.3) is 16.8 Å². The van der Waals surface area contributed by atoms with E-state index in [9.17, 15) is 27.5 Å². The van der Waals surface area contributed by atoms with Crippen LogP contribution in [0.3, 0.4) is 0 Å². The smallest absolute Gasteiger partial charge is 0.289 e. The fourth-order valence-corrected chi connectivity index (χ4v) is 3.90. The second-order valence-corrected chi connectivity index (χ2v) is 8.76. The van der Waals surface area contributed by atoms with Crippen LogP contribution in [0.1, 0.15) is 27.9 Å². The van der Waals surface area contributed by atoms with E-state index in [-0.39, 0.29) is 22.1 Å². The number of rotatable bonds is 7. The summed E-state index contributed by atoms with van der Waals surface area (Å²) in [5.74, 6) is -6.30. The third-order valence-electron chi connectivity index (χ3n) is 5.89. The summed E-state index contributed by atoms with van der Waals surface area (Å²) in [7, 11) is 0.776. The zero-order chi connectivity index (χ0) is 27.1. The monoisotopic (exact) mass is 537 g/mol. The number of aromatic nitrogens is 3. The number of fused-ring (bicyclic) bond motifs is 1. The summed E-state index contributed by atoms with van der Waals surface area (Å²) in [5, 5.41) is 16.0. The third-order valence-corrected chi connectivity index (χ3v) is 6.21. The van der Waals surface area contributed by atoms with E-state index in [1.807, 2.05) is 5.32 Å². The van der Waals surface area contributed by atoms with Gasteiger partial charge in [0.05, 0.1) is 17.1 Å². The zero-order valence-electron chi connectivity index (χ0n) is 19.0. The zero-order valence-corrected chi connectivity index (χ0v) is 19.8. The van der Waals surface area contributed by atoms with Gasteiger partial charge in [-0.3, -0.25) is 4.79 Å². The number of anilines is 1. The van der Waals surface area contributed by atoms with Crippen molar-refractivity contribution in [2.24, 2.45) is 0 Å². The summed E-state index contributed by atoms with van der Waals surface area (Å²) >= 11 is 6.02. The minimum absolute atomic E-state index is 0.00410. The Bertz CT molecular complexity index is 1480. The Kier molecular flexibility index (Phi) is 6.86. The predicted octanol–water partition coefficient (Wildman–Crippen LogP) is 3.55. The standard InChI is InChI=1S/C23H18BClF5N5O2/c24-23(37,13-3-1-11(2-4-13)19(27)28)22(29,30)10-32-20(36)17-15(25)6-5-14(18(17)26)12-7-8-35-16(9-12)33-21(31)34-35/h1-9,19,37H,10,24H2,(H2,31,34)(H,32,36). The molecule has 0 aliphatic rings. The largest absolute Gasteiger partial charge is 0.388 e. The summed E-state index contributed by atoms with van der Waals surface area (Å²) < 4.78 is 72.2. The molecular weight excluding hydrogens is 520 g/mol. The van der Waals surface area contributed by atoms with Crippen molar-refractivity contribution in [3.05, 3.63) is 82.3 Å². The molecule has 0 saturated heterocycles. The first kappa shape index (κ1) is 26.4. The van der Waals surface area contributed by atoms with Crippen LogP contribution in [0.4, 0.5) is 27.9 Å². The van der Waals surface area contributed by atoms with Crippen molar-refractivity contribution in [2.45, 2.75) is 17.8 Å². The van der Waals surface area contributed by atoms with Crippen LogP contribution in [0.5, 0.6) is 0 Å². The molecule has 0 spiro atoms. The average molecular weight is 538 g/mol. The van der Waals surface area contributed by atoms with Gasteiger partial charge >= 0.3 is 0 Å². The second kappa shape index (κ2) is 9.63. The summed E-state index contributed by atoms with van der Waals surface area (Å²) in [6.07, 6.45) is -1.34. The fourth-order valence-electron chi connectivity index (χ4n) is 3.67. The molecule has 2 heterocycles. The molecule has 192 valence electrons. The van der Waals surface area contributed by atoms with Crippen molar-refractivity contribution < 1.29 is 31.9 Å². The maximum Gasteiger partial charge on any atom is 0.289 e. The van der Waals surface area contributed by atoms with Gasteiger partial charge < -0.3 is 16.2 Å². The molecule has 14 heteroatoms. The van der Waals surface area contributed by atoms with Crippen molar-refractivity contribution in [3.8, 4) is 11.1 Å². The number of alkyl halides is 4. The molecule has 2 aromatic carbocycles. The van der Waals surface area contributed by atoms with E-state index in [0.717, 1.165) is 32.1 Å². The number of benzene rings is 2. The van der Waals surface area contributed by atoms with Gasteiger partial charge in [-0.15, -0.1) is 5.10 Å². The number of pyridine rings is 1. The lowest BCUT2D eigenvalue weighted by atomic mass is 9.70. The lowest BCUT2D eigenvalue weighted by Crippen LogP contribution is -2.52. The summed E-state index contributed by atoms with van der Waals surface area (Å²) in [4.78, 5) is 16.7. The number of carbonyl (C=O) groups is 1. The molecule has 0 aliphatic carbocycles. The molecule has 7 nitrogen and oxygen atoms in total. The molecule has 37 heavy (non-hydrogen) atoms. The van der Waals surface area contributed by atoms with Crippen LogP contribution in [0.15, 0.2) is 54.7 Å². The minimum Gasteiger partial charge on any atom is -0.388 e. The predicted molar refractivity (Wildman–Crippen MR) is 129 cm³/mol. The van der Waals surface area contributed by atoms with Crippen molar-refractivity contribution in [1.82, 2.24) is 19.9 Å². The van der Waals surface area contributed by atoms with Gasteiger partial charge in [0.15, 0.2) is 13.5 Å². The molecule has 4 rings (SSSR count). The van der Waals surface area contributed by atoms with Gasteiger partial charge in [-0.2, -0.15) is 4.98 Å². The SMILES string of the molecule is BC(O)(c1ccc(C(F)F)cc1)C(F)(F)CNC(=O)c1c(Cl)ccc(-c2ccn3nc(N)nc3c2)c1F. The van der Waals surface area contributed by atoms with E-state index in [1.54, 1.807) is 0 Å². The van der Waals surface area contributed by atoms with Gasteiger partial charge in [0.1, 0.15) is 11.3 Å². The number of nitrogen functional groups attached to an aromatic ring is 1. The molecule has 1 amide bonds. The van der Waals surface area contributed by atoms with Crippen LogP contribution in [-0.4, -0.2) is 45.9 Å². The fraction of sp³-hybridized carbons (Fsp3) is 0.174. The number of nitrogens with two attached hydrogens (primary N) is 1. The van der Waals surface area contributed by atoms with E-state index < -0.39 is 47.2 Å². The van der Waals surface area contributed by atoms with Crippen LogP contribution in [-0.2, 0) is 5.50 Å². The minimum atomic E-state index is -3.98. The highest BCUT2D eigenvalue weighted by Crippen LogP contribution is 2.36.